The molecule has 4 rings (SSSR count). The molecule has 9 heteroatoms. The van der Waals surface area contributed by atoms with E-state index in [-0.39, 0.29) is 17.7 Å². The first kappa shape index (κ1) is 32.0. The van der Waals surface area contributed by atoms with E-state index in [1.165, 1.54) is 0 Å². The molecular formula is C34H47N7O2. The fourth-order valence-electron chi connectivity index (χ4n) is 5.52. The second-order valence-corrected chi connectivity index (χ2v) is 11.4. The lowest BCUT2D eigenvalue weighted by Gasteiger charge is -2.34. The van der Waals surface area contributed by atoms with Crippen LogP contribution in [0.1, 0.15) is 45.1 Å². The van der Waals surface area contributed by atoms with E-state index in [0.29, 0.717) is 54.1 Å². The number of nitrogens with zero attached hydrogens (tertiary/aromatic N) is 3. The first-order chi connectivity index (χ1) is 20.8. The lowest BCUT2D eigenvalue weighted by atomic mass is 9.98. The van der Waals surface area contributed by atoms with Crippen molar-refractivity contribution in [2.45, 2.75) is 51.6 Å². The molecule has 2 fully saturated rings. The minimum atomic E-state index is 0.0116. The summed E-state index contributed by atoms with van der Waals surface area (Å²) in [5.41, 5.74) is 8.44. The number of benzene rings is 2. The predicted molar refractivity (Wildman–Crippen MR) is 175 cm³/mol. The quantitative estimate of drug-likeness (QED) is 0.177. The first-order valence-electron chi connectivity index (χ1n) is 15.4. The molecule has 5 N–H and O–H groups in total. The summed E-state index contributed by atoms with van der Waals surface area (Å²) in [7, 11) is 2.16. The molecule has 0 bridgehead atoms. The minimum absolute atomic E-state index is 0.0116. The highest BCUT2D eigenvalue weighted by Gasteiger charge is 2.26. The number of hydrogen-bond donors (Lipinski definition) is 4. The largest absolute Gasteiger partial charge is 0.457 e. The highest BCUT2D eigenvalue weighted by Crippen LogP contribution is 2.23. The van der Waals surface area contributed by atoms with Gasteiger partial charge in [0.05, 0.1) is 11.3 Å². The second kappa shape index (κ2) is 16.0. The van der Waals surface area contributed by atoms with E-state index in [1.807, 2.05) is 72.5 Å². The van der Waals surface area contributed by atoms with Gasteiger partial charge in [0.1, 0.15) is 17.3 Å². The molecule has 2 aromatic carbocycles. The highest BCUT2D eigenvalue weighted by atomic mass is 16.5. The van der Waals surface area contributed by atoms with Crippen LogP contribution in [0.15, 0.2) is 83.0 Å². The Morgan fingerprint density at radius 3 is 2.42 bits per heavy atom. The molecular weight excluding hydrogens is 538 g/mol. The number of amides is 1. The number of likely N-dealkylation sites (tertiary alicyclic amines) is 2. The number of para-hydroxylation sites is 1. The Morgan fingerprint density at radius 2 is 1.74 bits per heavy atom. The summed E-state index contributed by atoms with van der Waals surface area (Å²) in [4.78, 5) is 22.0. The summed E-state index contributed by atoms with van der Waals surface area (Å²) >= 11 is 0. The van der Waals surface area contributed by atoms with Crippen molar-refractivity contribution >= 4 is 17.5 Å². The Hall–Kier alpha value is -3.95. The summed E-state index contributed by atoms with van der Waals surface area (Å²) in [5, 5.41) is 16.1. The number of hydrogen-bond acceptors (Lipinski definition) is 7. The number of carbonyl (C=O) groups excluding carboxylic acids is 1. The van der Waals surface area contributed by atoms with Crippen molar-refractivity contribution in [2.24, 2.45) is 10.7 Å². The molecule has 0 aliphatic carbocycles. The van der Waals surface area contributed by atoms with Gasteiger partial charge in [-0.05, 0) is 96.1 Å². The van der Waals surface area contributed by atoms with Crippen LogP contribution in [0.4, 0.5) is 0 Å². The maximum Gasteiger partial charge on any atom is 0.246 e. The van der Waals surface area contributed by atoms with Gasteiger partial charge in [-0.3, -0.25) is 15.2 Å². The van der Waals surface area contributed by atoms with Crippen molar-refractivity contribution in [2.75, 3.05) is 46.3 Å². The molecule has 1 amide bonds. The van der Waals surface area contributed by atoms with Crippen molar-refractivity contribution in [1.29, 1.82) is 5.41 Å². The standard InChI is InChI=1S/C34H47N7O2/c1-4-37-34(32(25(2)35)33(36)26-14-16-30(17-15-26)43-29-11-6-5-7-12-29)39-28-10-9-21-41(24-28)31(42)13-8-20-38-27-18-22-40(3)23-19-27/h5-8,11-17,27-28,36,38H,4,9-10,18-24,35H2,1-3H3,(H,37,39)/b13-8+,32-25+,36-33?. The molecule has 230 valence electrons. The molecule has 43 heavy (non-hydrogen) atoms. The maximum absolute atomic E-state index is 13.0. The monoisotopic (exact) mass is 585 g/mol. The van der Waals surface area contributed by atoms with E-state index < -0.39 is 0 Å². The van der Waals surface area contributed by atoms with Gasteiger partial charge >= 0.3 is 0 Å². The molecule has 0 saturated carbocycles. The lowest BCUT2D eigenvalue weighted by Crippen LogP contribution is -2.50. The number of amidine groups is 1. The third-order valence-corrected chi connectivity index (χ3v) is 7.90. The van der Waals surface area contributed by atoms with Crippen LogP contribution in [0.5, 0.6) is 11.5 Å². The van der Waals surface area contributed by atoms with Crippen molar-refractivity contribution in [3.63, 3.8) is 0 Å². The predicted octanol–water partition coefficient (Wildman–Crippen LogP) is 4.32. The van der Waals surface area contributed by atoms with Gasteiger partial charge in [-0.2, -0.15) is 0 Å². The van der Waals surface area contributed by atoms with Crippen LogP contribution in [-0.4, -0.2) is 85.7 Å². The van der Waals surface area contributed by atoms with E-state index in [1.54, 1.807) is 13.0 Å². The number of allylic oxidation sites excluding steroid dienone is 1. The minimum Gasteiger partial charge on any atom is -0.457 e. The zero-order chi connectivity index (χ0) is 30.6. The SMILES string of the molecule is CCN=C(NC1CCCN(C(=O)/C=C/CNC2CCN(C)CC2)C1)/C(C(=N)c1ccc(Oc2ccccc2)cc1)=C(\C)N. The molecule has 0 aromatic heterocycles. The van der Waals surface area contributed by atoms with E-state index in [9.17, 15) is 4.79 Å². The molecule has 0 radical (unpaired) electrons. The van der Waals surface area contributed by atoms with Crippen LogP contribution in [0.25, 0.3) is 0 Å². The van der Waals surface area contributed by atoms with Crippen LogP contribution in [-0.2, 0) is 4.79 Å². The third kappa shape index (κ3) is 9.53. The number of aliphatic imine (C=N–C) groups is 1. The second-order valence-electron chi connectivity index (χ2n) is 11.4. The normalized spacial score (nSPS) is 19.3. The van der Waals surface area contributed by atoms with E-state index in [4.69, 9.17) is 20.9 Å². The number of piperidine rings is 2. The van der Waals surface area contributed by atoms with Gasteiger partial charge in [-0.25, -0.2) is 0 Å². The van der Waals surface area contributed by atoms with Crippen LogP contribution in [0.3, 0.4) is 0 Å². The van der Waals surface area contributed by atoms with E-state index in [0.717, 1.165) is 51.1 Å². The smallest absolute Gasteiger partial charge is 0.246 e. The summed E-state index contributed by atoms with van der Waals surface area (Å²) < 4.78 is 5.91. The number of nitrogens with two attached hydrogens (primary N) is 1. The zero-order valence-corrected chi connectivity index (χ0v) is 25.8. The van der Waals surface area contributed by atoms with Crippen molar-refractivity contribution in [3.8, 4) is 11.5 Å². The molecule has 0 spiro atoms. The van der Waals surface area contributed by atoms with Gasteiger partial charge in [-0.15, -0.1) is 0 Å². The van der Waals surface area contributed by atoms with E-state index in [2.05, 4.69) is 22.6 Å². The number of ether oxygens (including phenoxy) is 1. The lowest BCUT2D eigenvalue weighted by molar-refractivity contribution is -0.127. The number of rotatable bonds is 11. The molecule has 1 unspecified atom stereocenters. The van der Waals surface area contributed by atoms with Gasteiger partial charge in [-0.1, -0.05) is 24.3 Å². The first-order valence-corrected chi connectivity index (χ1v) is 15.4. The number of nitrogens with one attached hydrogen (secondary N) is 3. The fourth-order valence-corrected chi connectivity index (χ4v) is 5.52. The molecule has 2 saturated heterocycles. The van der Waals surface area contributed by atoms with Crippen molar-refractivity contribution < 1.29 is 9.53 Å². The molecule has 1 atom stereocenters. The number of carbonyl (C=O) groups is 1. The molecule has 2 aromatic rings. The Morgan fingerprint density at radius 1 is 1.05 bits per heavy atom. The molecule has 2 heterocycles. The van der Waals surface area contributed by atoms with Crippen LogP contribution < -0.4 is 21.1 Å². The van der Waals surface area contributed by atoms with Crippen molar-refractivity contribution in [1.82, 2.24) is 20.4 Å². The highest BCUT2D eigenvalue weighted by molar-refractivity contribution is 6.28. The van der Waals surface area contributed by atoms with Gasteiger partial charge in [0.25, 0.3) is 0 Å². The summed E-state index contributed by atoms with van der Waals surface area (Å²) in [6, 6.07) is 17.6. The zero-order valence-electron chi connectivity index (χ0n) is 25.8. The molecule has 9 nitrogen and oxygen atoms in total. The van der Waals surface area contributed by atoms with Crippen molar-refractivity contribution in [3.05, 3.63) is 83.6 Å². The van der Waals surface area contributed by atoms with Gasteiger partial charge in [0.2, 0.25) is 5.91 Å². The van der Waals surface area contributed by atoms with Gasteiger partial charge < -0.3 is 30.9 Å². The Bertz CT molecular complexity index is 1290. The van der Waals surface area contributed by atoms with E-state index >= 15 is 0 Å². The third-order valence-electron chi connectivity index (χ3n) is 7.90. The van der Waals surface area contributed by atoms with Gasteiger partial charge in [0.15, 0.2) is 0 Å². The van der Waals surface area contributed by atoms with Crippen LogP contribution >= 0.6 is 0 Å². The van der Waals surface area contributed by atoms with Gasteiger partial charge in [0, 0.05) is 55.6 Å². The maximum atomic E-state index is 13.0. The van der Waals surface area contributed by atoms with Crippen LogP contribution in [0.2, 0.25) is 0 Å². The Labute approximate surface area is 256 Å². The summed E-state index contributed by atoms with van der Waals surface area (Å²) in [6.45, 7) is 8.53. The summed E-state index contributed by atoms with van der Waals surface area (Å²) in [5.74, 6) is 2.07. The molecule has 2 aliphatic rings. The summed E-state index contributed by atoms with van der Waals surface area (Å²) in [6.07, 6.45) is 7.72. The Balaban J connectivity index is 1.35. The Kier molecular flexibility index (Phi) is 11.9. The van der Waals surface area contributed by atoms with Crippen LogP contribution in [0, 0.1) is 5.41 Å². The average Bonchev–Trinajstić information content (AvgIpc) is 3.01. The topological polar surface area (TPSA) is 119 Å². The average molecular weight is 586 g/mol. The molecule has 2 aliphatic heterocycles. The fraction of sp³-hybridized carbons (Fsp3) is 0.441.